The van der Waals surface area contributed by atoms with Gasteiger partial charge in [-0.2, -0.15) is 0 Å². The molecule has 12 heteroatoms. The number of ketones is 1. The molecule has 0 saturated carbocycles. The number of aromatic nitrogens is 2. The molecular formula is C28H22Cl6N2O4. The second-order valence-corrected chi connectivity index (χ2v) is 11.1. The first-order valence-corrected chi connectivity index (χ1v) is 13.9. The van der Waals surface area contributed by atoms with Crippen LogP contribution >= 0.6 is 69.6 Å². The van der Waals surface area contributed by atoms with Gasteiger partial charge in [0, 0.05) is 42.2 Å². The Morgan fingerprint density at radius 2 is 1.45 bits per heavy atom. The topological polar surface area (TPSA) is 75.2 Å². The zero-order valence-corrected chi connectivity index (χ0v) is 25.5. The summed E-state index contributed by atoms with van der Waals surface area (Å²) in [5.74, 6) is -1.22. The predicted molar refractivity (Wildman–Crippen MR) is 157 cm³/mol. The predicted octanol–water partition coefficient (Wildman–Crippen LogP) is 7.29. The highest BCUT2D eigenvalue weighted by Crippen LogP contribution is 2.31. The van der Waals surface area contributed by atoms with Crippen LogP contribution in [-0.2, 0) is 29.2 Å². The maximum atomic E-state index is 12.8. The number of nitrogens with zero attached hydrogens (tertiary/aromatic N) is 2. The number of carbonyl (C=O) groups excluding carboxylic acids is 2. The summed E-state index contributed by atoms with van der Waals surface area (Å²) in [5.41, 5.74) is 1.98. The van der Waals surface area contributed by atoms with Crippen molar-refractivity contribution in [3.05, 3.63) is 120 Å². The van der Waals surface area contributed by atoms with Crippen molar-refractivity contribution < 1.29 is 24.0 Å². The zero-order valence-electron chi connectivity index (χ0n) is 20.9. The van der Waals surface area contributed by atoms with Crippen molar-refractivity contribution in [2.24, 2.45) is 0 Å². The van der Waals surface area contributed by atoms with Gasteiger partial charge in [-0.05, 0) is 55.0 Å². The lowest BCUT2D eigenvalue weighted by Crippen LogP contribution is -2.36. The van der Waals surface area contributed by atoms with E-state index in [2.05, 4.69) is 0 Å². The van der Waals surface area contributed by atoms with Crippen LogP contribution in [0.3, 0.4) is 0 Å². The second kappa shape index (κ2) is 15.1. The molecule has 1 unspecified atom stereocenters. The molecule has 0 N–H and O–H groups in total. The summed E-state index contributed by atoms with van der Waals surface area (Å²) in [6.07, 6.45) is 5.05. The van der Waals surface area contributed by atoms with Gasteiger partial charge in [-0.1, -0.05) is 81.7 Å². The standard InChI is InChI=1S/C26H19Cl6N2O2.C2H4O2/c27-17-2-1-16(22(30)9-17)14-36-26(21-6-4-19(29)11-24(21)32)13-34-8-7-33(15-34)12-25(35)20-5-3-18(28)10-23(20)31;1-2(3)4/h1-11,15,26H,12-14H2;1H3,(H,3,4)/q+1;/p-1. The largest absolute Gasteiger partial charge is 0.550 e. The highest BCUT2D eigenvalue weighted by molar-refractivity contribution is 6.37. The average molecular weight is 663 g/mol. The molecule has 1 aromatic heterocycles. The van der Waals surface area contributed by atoms with Crippen molar-refractivity contribution in [2.45, 2.75) is 32.7 Å². The number of carbonyl (C=O) groups is 2. The van der Waals surface area contributed by atoms with Gasteiger partial charge in [-0.25, -0.2) is 9.13 Å². The number of carboxylic acids is 1. The second-order valence-electron chi connectivity index (χ2n) is 8.52. The fourth-order valence-corrected chi connectivity index (χ4v) is 5.14. The van der Waals surface area contributed by atoms with Crippen LogP contribution < -0.4 is 9.67 Å². The fourth-order valence-electron chi connectivity index (χ4n) is 3.63. The number of Topliss-reactive ketones (excluding diaryl/α,β-unsaturated/α-hetero) is 1. The van der Waals surface area contributed by atoms with Crippen LogP contribution in [0.5, 0.6) is 0 Å². The third kappa shape index (κ3) is 9.67. The van der Waals surface area contributed by atoms with Gasteiger partial charge in [0.05, 0.1) is 11.6 Å². The van der Waals surface area contributed by atoms with E-state index in [0.29, 0.717) is 42.2 Å². The van der Waals surface area contributed by atoms with E-state index in [9.17, 15) is 4.79 Å². The Labute approximate surface area is 261 Å². The zero-order chi connectivity index (χ0) is 29.4. The van der Waals surface area contributed by atoms with Gasteiger partial charge in [0.15, 0.2) is 6.54 Å². The first kappa shape index (κ1) is 32.2. The Bertz CT molecular complexity index is 1500. The molecule has 1 heterocycles. The monoisotopic (exact) mass is 660 g/mol. The lowest BCUT2D eigenvalue weighted by molar-refractivity contribution is -0.682. The molecular weight excluding hydrogens is 641 g/mol. The average Bonchev–Trinajstić information content (AvgIpc) is 3.29. The Kier molecular flexibility index (Phi) is 12.2. The van der Waals surface area contributed by atoms with Gasteiger partial charge in [-0.3, -0.25) is 4.79 Å². The molecule has 0 fully saturated rings. The molecule has 0 spiro atoms. The highest BCUT2D eigenvalue weighted by Gasteiger charge is 2.21. The number of hydrogen-bond acceptors (Lipinski definition) is 4. The van der Waals surface area contributed by atoms with E-state index in [-0.39, 0.29) is 18.9 Å². The number of halogens is 6. The summed E-state index contributed by atoms with van der Waals surface area (Å²) in [6, 6.07) is 15.3. The third-order valence-corrected chi connectivity index (χ3v) is 7.14. The first-order valence-electron chi connectivity index (χ1n) is 11.6. The minimum atomic E-state index is -1.08. The van der Waals surface area contributed by atoms with E-state index in [0.717, 1.165) is 18.1 Å². The molecule has 0 aliphatic carbocycles. The van der Waals surface area contributed by atoms with Gasteiger partial charge < -0.3 is 14.6 Å². The van der Waals surface area contributed by atoms with Crippen LogP contribution in [0.15, 0.2) is 73.3 Å². The number of aliphatic carboxylic acids is 1. The van der Waals surface area contributed by atoms with Crippen LogP contribution in [0.4, 0.5) is 0 Å². The van der Waals surface area contributed by atoms with Crippen LogP contribution in [0, 0.1) is 0 Å². The number of rotatable bonds is 9. The molecule has 0 bridgehead atoms. The van der Waals surface area contributed by atoms with E-state index in [1.165, 1.54) is 0 Å². The maximum Gasteiger partial charge on any atom is 0.244 e. The lowest BCUT2D eigenvalue weighted by Gasteiger charge is -2.19. The van der Waals surface area contributed by atoms with Gasteiger partial charge in [0.2, 0.25) is 12.1 Å². The summed E-state index contributed by atoms with van der Waals surface area (Å²) in [5, 5.41) is 11.8. The molecule has 40 heavy (non-hydrogen) atoms. The number of imidazole rings is 1. The Morgan fingerprint density at radius 3 is 2.05 bits per heavy atom. The number of ether oxygens (including phenoxy) is 1. The number of carboxylic acid groups (broad SMARTS) is 1. The normalized spacial score (nSPS) is 11.5. The summed E-state index contributed by atoms with van der Waals surface area (Å²) in [6.45, 7) is 1.76. The van der Waals surface area contributed by atoms with E-state index in [1.807, 2.05) is 29.2 Å². The minimum Gasteiger partial charge on any atom is -0.550 e. The molecule has 6 nitrogen and oxygen atoms in total. The highest BCUT2D eigenvalue weighted by atomic mass is 35.5. The quantitative estimate of drug-likeness (QED) is 0.139. The lowest BCUT2D eigenvalue weighted by atomic mass is 10.1. The van der Waals surface area contributed by atoms with E-state index in [4.69, 9.17) is 84.2 Å². The number of hydrogen-bond donors (Lipinski definition) is 0. The van der Waals surface area contributed by atoms with Gasteiger partial charge in [0.25, 0.3) is 0 Å². The van der Waals surface area contributed by atoms with Crippen molar-refractivity contribution in [1.82, 2.24) is 4.57 Å². The molecule has 0 radical (unpaired) electrons. The summed E-state index contributed by atoms with van der Waals surface area (Å²) in [4.78, 5) is 21.6. The maximum absolute atomic E-state index is 12.8. The molecule has 3 aromatic carbocycles. The molecule has 0 amide bonds. The molecule has 0 aliphatic rings. The SMILES string of the molecule is CC(=O)[O-].O=C(C[n+]1ccn(CC(OCc2ccc(Cl)cc2Cl)c2ccc(Cl)cc2Cl)c1)c1ccc(Cl)cc1Cl. The smallest absolute Gasteiger partial charge is 0.244 e. The van der Waals surface area contributed by atoms with Crippen molar-refractivity contribution in [3.8, 4) is 0 Å². The van der Waals surface area contributed by atoms with Crippen LogP contribution in [0.2, 0.25) is 30.1 Å². The fraction of sp³-hybridized carbons (Fsp3) is 0.179. The molecule has 4 aromatic rings. The van der Waals surface area contributed by atoms with Crippen molar-refractivity contribution in [3.63, 3.8) is 0 Å². The molecule has 0 aliphatic heterocycles. The Balaban J connectivity index is 0.00000103. The van der Waals surface area contributed by atoms with E-state index >= 15 is 0 Å². The molecule has 4 rings (SSSR count). The molecule has 0 saturated heterocycles. The Hall–Kier alpha value is -2.29. The van der Waals surface area contributed by atoms with Crippen molar-refractivity contribution in [1.29, 1.82) is 0 Å². The number of benzene rings is 3. The van der Waals surface area contributed by atoms with Gasteiger partial charge >= 0.3 is 0 Å². The van der Waals surface area contributed by atoms with Gasteiger partial charge in [-0.15, -0.1) is 0 Å². The van der Waals surface area contributed by atoms with E-state index in [1.54, 1.807) is 53.2 Å². The van der Waals surface area contributed by atoms with Crippen LogP contribution in [0.1, 0.15) is 34.5 Å². The van der Waals surface area contributed by atoms with Gasteiger partial charge in [0.1, 0.15) is 25.0 Å². The van der Waals surface area contributed by atoms with Crippen LogP contribution in [-0.4, -0.2) is 16.3 Å². The summed E-state index contributed by atoms with van der Waals surface area (Å²) >= 11 is 37.1. The van der Waals surface area contributed by atoms with E-state index < -0.39 is 12.1 Å². The molecule has 1 atom stereocenters. The minimum absolute atomic E-state index is 0.113. The van der Waals surface area contributed by atoms with Crippen LogP contribution in [0.25, 0.3) is 0 Å². The summed E-state index contributed by atoms with van der Waals surface area (Å²) in [7, 11) is 0. The first-order chi connectivity index (χ1) is 18.9. The molecule has 210 valence electrons. The Morgan fingerprint density at radius 1 is 0.875 bits per heavy atom. The third-order valence-electron chi connectivity index (χ3n) is 5.45. The van der Waals surface area contributed by atoms with Crippen molar-refractivity contribution >= 4 is 81.4 Å². The van der Waals surface area contributed by atoms with Crippen molar-refractivity contribution in [2.75, 3.05) is 0 Å². The summed E-state index contributed by atoms with van der Waals surface area (Å²) < 4.78 is 9.94.